The topological polar surface area (TPSA) is 38.3 Å². The number of carbonyl (C=O) groups excluding carboxylic acids is 1. The molecule has 0 aromatic rings. The molecule has 5 heteroatoms. The van der Waals surface area contributed by atoms with Crippen LogP contribution < -0.4 is 5.32 Å². The van der Waals surface area contributed by atoms with Crippen molar-refractivity contribution in [2.75, 3.05) is 19.5 Å². The zero-order valence-electron chi connectivity index (χ0n) is 8.99. The minimum absolute atomic E-state index is 0.0182. The summed E-state index contributed by atoms with van der Waals surface area (Å²) in [5.74, 6) is -0.490. The van der Waals surface area contributed by atoms with Crippen LogP contribution in [0.5, 0.6) is 0 Å². The predicted molar refractivity (Wildman–Crippen MR) is 59.1 cm³/mol. The van der Waals surface area contributed by atoms with Crippen molar-refractivity contribution >= 4 is 29.2 Å². The van der Waals surface area contributed by atoms with Gasteiger partial charge in [-0.15, -0.1) is 23.2 Å². The fourth-order valence-corrected chi connectivity index (χ4v) is 1.11. The molecule has 1 atom stereocenters. The molecule has 0 aliphatic heterocycles. The molecule has 14 heavy (non-hydrogen) atoms. The van der Waals surface area contributed by atoms with Gasteiger partial charge in [0.05, 0.1) is 13.0 Å². The lowest BCUT2D eigenvalue weighted by atomic mass is 10.1. The Morgan fingerprint density at radius 2 is 1.93 bits per heavy atom. The highest BCUT2D eigenvalue weighted by Gasteiger charge is 2.37. The number of rotatable bonds is 4. The Morgan fingerprint density at radius 1 is 1.43 bits per heavy atom. The summed E-state index contributed by atoms with van der Waals surface area (Å²) >= 11 is 11.6. The van der Waals surface area contributed by atoms with E-state index >= 15 is 0 Å². The molecule has 0 fully saturated rings. The van der Waals surface area contributed by atoms with Gasteiger partial charge in [-0.25, -0.2) is 0 Å². The van der Waals surface area contributed by atoms with Gasteiger partial charge in [0.15, 0.2) is 4.87 Å². The van der Waals surface area contributed by atoms with Crippen molar-refractivity contribution in [3.05, 3.63) is 0 Å². The van der Waals surface area contributed by atoms with Crippen molar-refractivity contribution in [2.45, 2.75) is 31.2 Å². The van der Waals surface area contributed by atoms with Gasteiger partial charge in [-0.2, -0.15) is 0 Å². The highest BCUT2D eigenvalue weighted by atomic mass is 35.5. The molecule has 0 saturated heterocycles. The first kappa shape index (κ1) is 14.0. The van der Waals surface area contributed by atoms with E-state index in [4.69, 9.17) is 23.2 Å². The first-order chi connectivity index (χ1) is 6.25. The Labute approximate surface area is 95.1 Å². The Kier molecular flexibility index (Phi) is 5.20. The fourth-order valence-electron chi connectivity index (χ4n) is 0.762. The summed E-state index contributed by atoms with van der Waals surface area (Å²) in [6.45, 7) is 6.23. The summed E-state index contributed by atoms with van der Waals surface area (Å²) in [5, 5.41) is 3.11. The number of halogens is 2. The van der Waals surface area contributed by atoms with Crippen LogP contribution in [0.4, 0.5) is 0 Å². The molecule has 0 aliphatic rings. The van der Waals surface area contributed by atoms with Gasteiger partial charge in [0.25, 0.3) is 0 Å². The molecule has 0 heterocycles. The summed E-state index contributed by atoms with van der Waals surface area (Å²) in [6.07, 6.45) is 0. The number of nitrogens with one attached hydrogen (secondary N) is 1. The number of esters is 1. The molecule has 84 valence electrons. The molecule has 1 unspecified atom stereocenters. The largest absolute Gasteiger partial charge is 0.468 e. The number of methoxy groups -OCH3 is 1. The maximum Gasteiger partial charge on any atom is 0.329 e. The third-order valence-electron chi connectivity index (χ3n) is 1.66. The molecule has 0 aromatic carbocycles. The summed E-state index contributed by atoms with van der Waals surface area (Å²) in [4.78, 5) is 10.1. The number of ether oxygens (including phenoxy) is 1. The van der Waals surface area contributed by atoms with Crippen molar-refractivity contribution in [1.82, 2.24) is 5.32 Å². The number of alkyl halides is 2. The van der Waals surface area contributed by atoms with Crippen LogP contribution in [-0.4, -0.2) is 35.9 Å². The third kappa shape index (κ3) is 4.49. The summed E-state index contributed by atoms with van der Waals surface area (Å²) in [5.41, 5.74) is -0.111. The van der Waals surface area contributed by atoms with E-state index in [1.165, 1.54) is 7.11 Å². The standard InChI is InChI=1S/C9H17Cl2NO2/c1-8(2,3)12-6-9(11,5-10)7(13)14-4/h12H,5-6H2,1-4H3. The Bertz CT molecular complexity index is 203. The molecule has 0 aliphatic carbocycles. The van der Waals surface area contributed by atoms with E-state index in [1.54, 1.807) is 0 Å². The number of hydrogen-bond donors (Lipinski definition) is 1. The molecule has 0 amide bonds. The van der Waals surface area contributed by atoms with Crippen molar-refractivity contribution in [3.63, 3.8) is 0 Å². The van der Waals surface area contributed by atoms with Crippen LogP contribution in [0.1, 0.15) is 20.8 Å². The van der Waals surface area contributed by atoms with Crippen LogP contribution in [0.25, 0.3) is 0 Å². The molecule has 1 N–H and O–H groups in total. The van der Waals surface area contributed by atoms with Gasteiger partial charge in [-0.05, 0) is 20.8 Å². The van der Waals surface area contributed by atoms with Gasteiger partial charge in [0.2, 0.25) is 0 Å². The van der Waals surface area contributed by atoms with Gasteiger partial charge in [0, 0.05) is 12.1 Å². The van der Waals surface area contributed by atoms with Crippen LogP contribution >= 0.6 is 23.2 Å². The monoisotopic (exact) mass is 241 g/mol. The highest BCUT2D eigenvalue weighted by Crippen LogP contribution is 2.19. The minimum Gasteiger partial charge on any atom is -0.468 e. The first-order valence-electron chi connectivity index (χ1n) is 4.33. The van der Waals surface area contributed by atoms with E-state index < -0.39 is 10.8 Å². The lowest BCUT2D eigenvalue weighted by Gasteiger charge is -2.28. The Hall–Kier alpha value is 0.01000. The van der Waals surface area contributed by atoms with Crippen molar-refractivity contribution in [1.29, 1.82) is 0 Å². The molecule has 0 saturated carbocycles. The van der Waals surface area contributed by atoms with Crippen LogP contribution in [0.3, 0.4) is 0 Å². The Morgan fingerprint density at radius 3 is 2.21 bits per heavy atom. The summed E-state index contributed by atoms with van der Waals surface area (Å²) in [6, 6.07) is 0. The molecule has 0 rings (SSSR count). The van der Waals surface area contributed by atoms with Crippen molar-refractivity contribution < 1.29 is 9.53 Å². The minimum atomic E-state index is -1.18. The maximum absolute atomic E-state index is 11.3. The summed E-state index contributed by atoms with van der Waals surface area (Å²) in [7, 11) is 1.29. The van der Waals surface area contributed by atoms with Crippen LogP contribution in [-0.2, 0) is 9.53 Å². The summed E-state index contributed by atoms with van der Waals surface area (Å²) < 4.78 is 4.58. The van der Waals surface area contributed by atoms with E-state index in [0.29, 0.717) is 0 Å². The average Bonchev–Trinajstić information content (AvgIpc) is 2.11. The van der Waals surface area contributed by atoms with Gasteiger partial charge < -0.3 is 10.1 Å². The normalized spacial score (nSPS) is 16.1. The van der Waals surface area contributed by atoms with Gasteiger partial charge >= 0.3 is 5.97 Å². The smallest absolute Gasteiger partial charge is 0.329 e. The maximum atomic E-state index is 11.3. The van der Waals surface area contributed by atoms with Crippen LogP contribution in [0, 0.1) is 0 Å². The molecule has 0 bridgehead atoms. The van der Waals surface area contributed by atoms with Crippen molar-refractivity contribution in [2.24, 2.45) is 0 Å². The predicted octanol–water partition coefficient (Wildman–Crippen LogP) is 1.76. The van der Waals surface area contributed by atoms with Gasteiger partial charge in [0.1, 0.15) is 0 Å². The molecule has 0 aromatic heterocycles. The van der Waals surface area contributed by atoms with Crippen molar-refractivity contribution in [3.8, 4) is 0 Å². The lowest BCUT2D eigenvalue weighted by molar-refractivity contribution is -0.143. The highest BCUT2D eigenvalue weighted by molar-refractivity contribution is 6.39. The van der Waals surface area contributed by atoms with E-state index in [2.05, 4.69) is 10.1 Å². The molecular weight excluding hydrogens is 225 g/mol. The zero-order chi connectivity index (χ0) is 11.4. The lowest BCUT2D eigenvalue weighted by Crippen LogP contribution is -2.50. The van der Waals surface area contributed by atoms with E-state index in [-0.39, 0.29) is 18.0 Å². The van der Waals surface area contributed by atoms with E-state index in [0.717, 1.165) is 0 Å². The zero-order valence-corrected chi connectivity index (χ0v) is 10.5. The van der Waals surface area contributed by atoms with Crippen LogP contribution in [0.2, 0.25) is 0 Å². The second kappa shape index (κ2) is 5.19. The van der Waals surface area contributed by atoms with Gasteiger partial charge in [-0.1, -0.05) is 0 Å². The number of hydrogen-bond acceptors (Lipinski definition) is 3. The SMILES string of the molecule is COC(=O)C(Cl)(CCl)CNC(C)(C)C. The fraction of sp³-hybridized carbons (Fsp3) is 0.889. The molecule has 0 spiro atoms. The molecule has 0 radical (unpaired) electrons. The number of carbonyl (C=O) groups is 1. The van der Waals surface area contributed by atoms with E-state index in [1.807, 2.05) is 20.8 Å². The Balaban J connectivity index is 4.34. The second-order valence-electron chi connectivity index (χ2n) is 4.19. The van der Waals surface area contributed by atoms with E-state index in [9.17, 15) is 4.79 Å². The van der Waals surface area contributed by atoms with Gasteiger partial charge in [-0.3, -0.25) is 4.79 Å². The average molecular weight is 242 g/mol. The molecular formula is C9H17Cl2NO2. The quantitative estimate of drug-likeness (QED) is 0.603. The second-order valence-corrected chi connectivity index (χ2v) is 5.18. The first-order valence-corrected chi connectivity index (χ1v) is 5.25. The van der Waals surface area contributed by atoms with Crippen LogP contribution in [0.15, 0.2) is 0 Å². The third-order valence-corrected chi connectivity index (χ3v) is 2.68. The molecule has 3 nitrogen and oxygen atoms in total.